The number of furan rings is 1. The van der Waals surface area contributed by atoms with E-state index >= 15 is 0 Å². The average Bonchev–Trinajstić information content (AvgIpc) is 3.81. The minimum absolute atomic E-state index is 0.870. The van der Waals surface area contributed by atoms with Crippen LogP contribution in [0.25, 0.3) is 88.0 Å². The molecule has 0 N–H and O–H groups in total. The van der Waals surface area contributed by atoms with Gasteiger partial charge in [-0.2, -0.15) is 0 Å². The highest BCUT2D eigenvalue weighted by Crippen LogP contribution is 2.48. The largest absolute Gasteiger partial charge is 0.456 e. The van der Waals surface area contributed by atoms with Crippen LogP contribution < -0.4 is 9.80 Å². The molecule has 0 aliphatic carbocycles. The van der Waals surface area contributed by atoms with E-state index in [4.69, 9.17) is 4.42 Å². The van der Waals surface area contributed by atoms with Gasteiger partial charge in [0.15, 0.2) is 0 Å². The van der Waals surface area contributed by atoms with Gasteiger partial charge in [0.05, 0.1) is 11.4 Å². The van der Waals surface area contributed by atoms with Gasteiger partial charge in [0.25, 0.3) is 0 Å². The number of nitrogens with zero attached hydrogens (tertiary/aromatic N) is 2. The second kappa shape index (κ2) is 18.4. The monoisotopic (exact) mass is 934 g/mol. The van der Waals surface area contributed by atoms with E-state index in [0.29, 0.717) is 0 Å². The molecule has 3 nitrogen and oxygen atoms in total. The Kier molecular flexibility index (Phi) is 11.0. The summed E-state index contributed by atoms with van der Waals surface area (Å²) in [6.45, 7) is 4.50. The van der Waals surface area contributed by atoms with Crippen LogP contribution in [0, 0.1) is 13.8 Å². The van der Waals surface area contributed by atoms with Gasteiger partial charge in [-0.25, -0.2) is 0 Å². The summed E-state index contributed by atoms with van der Waals surface area (Å²) in [5.74, 6) is 0. The van der Waals surface area contributed by atoms with Crippen molar-refractivity contribution >= 4 is 77.6 Å². The molecule has 0 unspecified atom stereocenters. The Morgan fingerprint density at radius 3 is 1.03 bits per heavy atom. The SMILES string of the molecule is Cc1c(N(c2cccc(-c3ccccc3)c2)c2ccccc2-c2ccccc2)ccc2cc3c(cc12)oc1cc2c(C)c(N(c4cccc(-c5ccccc5)c4)c4ccccc4-c4ccccc4)ccc2cc13. The van der Waals surface area contributed by atoms with Gasteiger partial charge in [-0.1, -0.05) is 194 Å². The first kappa shape index (κ1) is 43.6. The van der Waals surface area contributed by atoms with E-state index < -0.39 is 0 Å². The molecule has 13 rings (SSSR count). The second-order valence-electron chi connectivity index (χ2n) is 18.9. The van der Waals surface area contributed by atoms with Crippen LogP contribution in [0.1, 0.15) is 11.1 Å². The zero-order chi connectivity index (χ0) is 48.8. The first-order valence-electron chi connectivity index (χ1n) is 25.1. The molecular formula is C70H50N2O. The summed E-state index contributed by atoms with van der Waals surface area (Å²) in [5, 5.41) is 6.86. The van der Waals surface area contributed by atoms with Crippen molar-refractivity contribution in [2.45, 2.75) is 13.8 Å². The first-order valence-corrected chi connectivity index (χ1v) is 25.1. The Labute approximate surface area is 426 Å². The summed E-state index contributed by atoms with van der Waals surface area (Å²) in [4.78, 5) is 4.86. The molecule has 0 aliphatic heterocycles. The summed E-state index contributed by atoms with van der Waals surface area (Å²) in [6.07, 6.45) is 0. The predicted octanol–water partition coefficient (Wildman–Crippen LogP) is 20.1. The molecule has 13 aromatic rings. The maximum absolute atomic E-state index is 6.97. The Bertz CT molecular complexity index is 3890. The van der Waals surface area contributed by atoms with Gasteiger partial charge < -0.3 is 14.2 Å². The number of aryl methyl sites for hydroxylation is 2. The Hall–Kier alpha value is -9.44. The summed E-state index contributed by atoms with van der Waals surface area (Å²) in [6, 6.07) is 96.3. The fourth-order valence-corrected chi connectivity index (χ4v) is 11.0. The lowest BCUT2D eigenvalue weighted by Gasteiger charge is -2.30. The molecule has 0 amide bonds. The number of benzene rings is 12. The van der Waals surface area contributed by atoms with Gasteiger partial charge in [-0.05, 0) is 153 Å². The summed E-state index contributed by atoms with van der Waals surface area (Å²) >= 11 is 0. The minimum Gasteiger partial charge on any atom is -0.456 e. The van der Waals surface area contributed by atoms with Gasteiger partial charge in [0.1, 0.15) is 11.2 Å². The molecule has 0 spiro atoms. The summed E-state index contributed by atoms with van der Waals surface area (Å²) in [7, 11) is 0. The lowest BCUT2D eigenvalue weighted by Crippen LogP contribution is -2.13. The van der Waals surface area contributed by atoms with Crippen molar-refractivity contribution in [2.75, 3.05) is 9.80 Å². The average molecular weight is 935 g/mol. The Balaban J connectivity index is 0.960. The fourth-order valence-electron chi connectivity index (χ4n) is 11.0. The summed E-state index contributed by atoms with van der Waals surface area (Å²) < 4.78 is 6.97. The van der Waals surface area contributed by atoms with Crippen LogP contribution >= 0.6 is 0 Å². The zero-order valence-electron chi connectivity index (χ0n) is 40.7. The van der Waals surface area contributed by atoms with Crippen LogP contribution in [0.5, 0.6) is 0 Å². The van der Waals surface area contributed by atoms with E-state index in [0.717, 1.165) is 78.0 Å². The zero-order valence-corrected chi connectivity index (χ0v) is 40.7. The minimum atomic E-state index is 0.870. The molecule has 0 saturated heterocycles. The van der Waals surface area contributed by atoms with Crippen molar-refractivity contribution in [3.63, 3.8) is 0 Å². The lowest BCUT2D eigenvalue weighted by molar-refractivity contribution is 0.670. The third kappa shape index (κ3) is 7.89. The highest BCUT2D eigenvalue weighted by molar-refractivity contribution is 6.15. The van der Waals surface area contributed by atoms with Crippen molar-refractivity contribution < 1.29 is 4.42 Å². The van der Waals surface area contributed by atoms with Crippen LogP contribution in [-0.2, 0) is 0 Å². The van der Waals surface area contributed by atoms with E-state index in [1.165, 1.54) is 55.3 Å². The number of rotatable bonds is 10. The van der Waals surface area contributed by atoms with Gasteiger partial charge in [-0.15, -0.1) is 0 Å². The van der Waals surface area contributed by atoms with Gasteiger partial charge >= 0.3 is 0 Å². The molecule has 0 saturated carbocycles. The van der Waals surface area contributed by atoms with Crippen LogP contribution in [0.2, 0.25) is 0 Å². The Morgan fingerprint density at radius 2 is 0.616 bits per heavy atom. The van der Waals surface area contributed by atoms with Crippen molar-refractivity contribution in [3.8, 4) is 44.5 Å². The van der Waals surface area contributed by atoms with E-state index in [2.05, 4.69) is 291 Å². The molecule has 0 bridgehead atoms. The quantitative estimate of drug-likeness (QED) is 0.136. The predicted molar refractivity (Wildman–Crippen MR) is 309 cm³/mol. The first-order chi connectivity index (χ1) is 36.0. The summed E-state index contributed by atoms with van der Waals surface area (Å²) in [5.41, 5.74) is 20.1. The van der Waals surface area contributed by atoms with Crippen molar-refractivity contribution in [2.24, 2.45) is 0 Å². The number of para-hydroxylation sites is 2. The highest BCUT2D eigenvalue weighted by Gasteiger charge is 2.24. The maximum atomic E-state index is 6.97. The van der Waals surface area contributed by atoms with E-state index in [-0.39, 0.29) is 0 Å². The molecule has 0 fully saturated rings. The van der Waals surface area contributed by atoms with Gasteiger partial charge in [-0.3, -0.25) is 0 Å². The van der Waals surface area contributed by atoms with Crippen molar-refractivity contribution in [1.29, 1.82) is 0 Å². The maximum Gasteiger partial charge on any atom is 0.136 e. The van der Waals surface area contributed by atoms with E-state index in [9.17, 15) is 0 Å². The number of anilines is 6. The van der Waals surface area contributed by atoms with Gasteiger partial charge in [0.2, 0.25) is 0 Å². The highest BCUT2D eigenvalue weighted by atomic mass is 16.3. The molecular weight excluding hydrogens is 885 g/mol. The molecule has 73 heavy (non-hydrogen) atoms. The molecule has 1 aromatic heterocycles. The molecule has 1 heterocycles. The van der Waals surface area contributed by atoms with Crippen LogP contribution in [-0.4, -0.2) is 0 Å². The van der Waals surface area contributed by atoms with Crippen molar-refractivity contribution in [3.05, 3.63) is 278 Å². The van der Waals surface area contributed by atoms with E-state index in [1.54, 1.807) is 0 Å². The molecule has 0 aliphatic rings. The van der Waals surface area contributed by atoms with E-state index in [1.807, 2.05) is 0 Å². The molecule has 0 radical (unpaired) electrons. The Morgan fingerprint density at radius 1 is 0.260 bits per heavy atom. The third-order valence-corrected chi connectivity index (χ3v) is 14.6. The molecule has 3 heteroatoms. The number of fused-ring (bicyclic) bond motifs is 5. The smallest absolute Gasteiger partial charge is 0.136 e. The molecule has 0 atom stereocenters. The number of hydrogen-bond acceptors (Lipinski definition) is 3. The fraction of sp³-hybridized carbons (Fsp3) is 0.0286. The van der Waals surface area contributed by atoms with Crippen LogP contribution in [0.4, 0.5) is 34.1 Å². The van der Waals surface area contributed by atoms with Gasteiger partial charge in [0, 0.05) is 44.6 Å². The molecule has 12 aromatic carbocycles. The lowest BCUT2D eigenvalue weighted by atomic mass is 9.96. The van der Waals surface area contributed by atoms with Crippen LogP contribution in [0.15, 0.2) is 271 Å². The topological polar surface area (TPSA) is 19.6 Å². The third-order valence-electron chi connectivity index (χ3n) is 14.6. The molecule has 346 valence electrons. The second-order valence-corrected chi connectivity index (χ2v) is 18.9. The number of hydrogen-bond donors (Lipinski definition) is 0. The van der Waals surface area contributed by atoms with Crippen molar-refractivity contribution in [1.82, 2.24) is 0 Å². The standard InChI is InChI=1S/C70H50N2O/c1-47-61-45-69-63(43-55(61)37-39-65(47)71(57-31-19-29-53(41-57)49-21-7-3-8-22-49)67-35-17-15-33-59(67)51-25-11-5-12-26-51)64-44-56-38-40-66(48(2)62(56)46-70(64)73-69)72(58-32-20-30-54(42-58)50-23-9-4-10-24-50)68-36-18-16-34-60(68)52-27-13-6-14-28-52/h3-46H,1-2H3. The normalized spacial score (nSPS) is 11.4. The van der Waals surface area contributed by atoms with Crippen LogP contribution in [0.3, 0.4) is 0 Å².